The second-order valence-electron chi connectivity index (χ2n) is 8.49. The minimum Gasteiger partial charge on any atom is -0.486 e. The van der Waals surface area contributed by atoms with Crippen molar-refractivity contribution in [2.75, 3.05) is 25.0 Å². The highest BCUT2D eigenvalue weighted by Crippen LogP contribution is 2.26. The van der Waals surface area contributed by atoms with Gasteiger partial charge in [-0.3, -0.25) is 0 Å². The fraction of sp³-hybridized carbons (Fsp3) is 0.296. The second-order valence-corrected chi connectivity index (χ2v) is 8.92. The maximum atomic E-state index is 13.6. The lowest BCUT2D eigenvalue weighted by Crippen LogP contribution is -2.46. The standard InChI is InChI=1S/C27H29ClFN3O2/c28-21-8-4-10-24(18-21)31-27(33)30-23-12-15-32(16-13-23)17-14-26(20-6-2-1-3-7-20)34-25-11-5-9-22(29)19-25/h1-11,18-19,23,26H,12-17H2,(H2,30,31,33). The molecule has 0 aromatic heterocycles. The minimum atomic E-state index is -0.307. The van der Waals surface area contributed by atoms with E-state index in [2.05, 4.69) is 15.5 Å². The van der Waals surface area contributed by atoms with Crippen molar-refractivity contribution in [1.29, 1.82) is 0 Å². The average Bonchev–Trinajstić information content (AvgIpc) is 2.83. The van der Waals surface area contributed by atoms with Crippen LogP contribution in [0.15, 0.2) is 78.9 Å². The Morgan fingerprint density at radius 2 is 1.79 bits per heavy atom. The van der Waals surface area contributed by atoms with Crippen LogP contribution in [0.2, 0.25) is 5.02 Å². The van der Waals surface area contributed by atoms with Gasteiger partial charge in [0.1, 0.15) is 17.7 Å². The summed E-state index contributed by atoms with van der Waals surface area (Å²) < 4.78 is 19.8. The van der Waals surface area contributed by atoms with Crippen LogP contribution in [0.1, 0.15) is 30.9 Å². The van der Waals surface area contributed by atoms with Crippen LogP contribution in [-0.2, 0) is 0 Å². The first-order chi connectivity index (χ1) is 16.5. The molecule has 3 aromatic rings. The van der Waals surface area contributed by atoms with Crippen LogP contribution >= 0.6 is 11.6 Å². The molecule has 2 amide bonds. The van der Waals surface area contributed by atoms with Crippen molar-refractivity contribution in [3.63, 3.8) is 0 Å². The van der Waals surface area contributed by atoms with Gasteiger partial charge in [-0.1, -0.05) is 54.1 Å². The van der Waals surface area contributed by atoms with Crippen LogP contribution in [0.5, 0.6) is 5.75 Å². The Bertz CT molecular complexity index is 1070. The topological polar surface area (TPSA) is 53.6 Å². The van der Waals surface area contributed by atoms with Gasteiger partial charge in [0.2, 0.25) is 0 Å². The summed E-state index contributed by atoms with van der Waals surface area (Å²) in [6.45, 7) is 2.64. The maximum Gasteiger partial charge on any atom is 0.319 e. The number of urea groups is 1. The molecule has 5 nitrogen and oxygen atoms in total. The number of rotatable bonds is 8. The molecule has 1 atom stereocenters. The summed E-state index contributed by atoms with van der Waals surface area (Å²) in [4.78, 5) is 14.7. The Hall–Kier alpha value is -3.09. The van der Waals surface area contributed by atoms with E-state index in [1.807, 2.05) is 36.4 Å². The third kappa shape index (κ3) is 7.20. The molecule has 178 valence electrons. The van der Waals surface area contributed by atoms with Crippen molar-refractivity contribution in [2.24, 2.45) is 0 Å². The number of likely N-dealkylation sites (tertiary alicyclic amines) is 1. The van der Waals surface area contributed by atoms with Crippen LogP contribution in [0.25, 0.3) is 0 Å². The second kappa shape index (κ2) is 11.9. The highest BCUT2D eigenvalue weighted by atomic mass is 35.5. The van der Waals surface area contributed by atoms with Crippen molar-refractivity contribution in [1.82, 2.24) is 10.2 Å². The third-order valence-electron chi connectivity index (χ3n) is 5.96. The van der Waals surface area contributed by atoms with E-state index in [4.69, 9.17) is 16.3 Å². The first-order valence-corrected chi connectivity index (χ1v) is 12.0. The Kier molecular flexibility index (Phi) is 8.39. The lowest BCUT2D eigenvalue weighted by molar-refractivity contribution is 0.144. The van der Waals surface area contributed by atoms with Crippen LogP contribution in [0.4, 0.5) is 14.9 Å². The maximum absolute atomic E-state index is 13.6. The smallest absolute Gasteiger partial charge is 0.319 e. The fourth-order valence-corrected chi connectivity index (χ4v) is 4.38. The summed E-state index contributed by atoms with van der Waals surface area (Å²) in [6, 6.07) is 23.3. The van der Waals surface area contributed by atoms with Crippen molar-refractivity contribution in [2.45, 2.75) is 31.4 Å². The number of hydrogen-bond acceptors (Lipinski definition) is 3. The summed E-state index contributed by atoms with van der Waals surface area (Å²) in [7, 11) is 0. The third-order valence-corrected chi connectivity index (χ3v) is 6.19. The van der Waals surface area contributed by atoms with E-state index in [9.17, 15) is 9.18 Å². The van der Waals surface area contributed by atoms with Crippen LogP contribution in [-0.4, -0.2) is 36.6 Å². The molecule has 1 aliphatic rings. The normalized spacial score (nSPS) is 15.5. The molecule has 0 aliphatic carbocycles. The van der Waals surface area contributed by atoms with E-state index in [1.165, 1.54) is 12.1 Å². The van der Waals surface area contributed by atoms with E-state index in [1.54, 1.807) is 30.3 Å². The molecular formula is C27H29ClFN3O2. The van der Waals surface area contributed by atoms with E-state index in [0.29, 0.717) is 16.5 Å². The highest BCUT2D eigenvalue weighted by molar-refractivity contribution is 6.30. The summed E-state index contributed by atoms with van der Waals surface area (Å²) in [5.74, 6) is 0.223. The van der Waals surface area contributed by atoms with Gasteiger partial charge in [0.25, 0.3) is 0 Å². The Balaban J connectivity index is 1.26. The monoisotopic (exact) mass is 481 g/mol. The van der Waals surface area contributed by atoms with Gasteiger partial charge in [0.05, 0.1) is 0 Å². The van der Waals surface area contributed by atoms with Crippen molar-refractivity contribution in [3.05, 3.63) is 95.3 Å². The molecule has 1 fully saturated rings. The minimum absolute atomic E-state index is 0.129. The number of piperidine rings is 1. The molecular weight excluding hydrogens is 453 g/mol. The van der Waals surface area contributed by atoms with Gasteiger partial charge in [0, 0.05) is 48.9 Å². The summed E-state index contributed by atoms with van der Waals surface area (Å²) >= 11 is 5.98. The van der Waals surface area contributed by atoms with Gasteiger partial charge in [-0.05, 0) is 48.7 Å². The van der Waals surface area contributed by atoms with Crippen molar-refractivity contribution >= 4 is 23.3 Å². The number of carbonyl (C=O) groups excluding carboxylic acids is 1. The number of carbonyl (C=O) groups is 1. The van der Waals surface area contributed by atoms with E-state index < -0.39 is 0 Å². The number of anilines is 1. The molecule has 0 spiro atoms. The summed E-state index contributed by atoms with van der Waals surface area (Å²) in [5, 5.41) is 6.48. The molecule has 1 heterocycles. The summed E-state index contributed by atoms with van der Waals surface area (Å²) in [5.41, 5.74) is 1.74. The Morgan fingerprint density at radius 1 is 1.03 bits per heavy atom. The molecule has 7 heteroatoms. The van der Waals surface area contributed by atoms with Gasteiger partial charge in [-0.2, -0.15) is 0 Å². The van der Waals surface area contributed by atoms with Crippen LogP contribution in [0, 0.1) is 5.82 Å². The van der Waals surface area contributed by atoms with Gasteiger partial charge in [-0.25, -0.2) is 9.18 Å². The predicted octanol–water partition coefficient (Wildman–Crippen LogP) is 6.28. The SMILES string of the molecule is O=C(Nc1cccc(Cl)c1)NC1CCN(CCC(Oc2cccc(F)c2)c2ccccc2)CC1. The lowest BCUT2D eigenvalue weighted by Gasteiger charge is -2.33. The predicted molar refractivity (Wildman–Crippen MR) is 134 cm³/mol. The molecule has 2 N–H and O–H groups in total. The number of nitrogens with zero attached hydrogens (tertiary/aromatic N) is 1. The Labute approximate surface area is 204 Å². The first-order valence-electron chi connectivity index (χ1n) is 11.6. The van der Waals surface area contributed by atoms with E-state index >= 15 is 0 Å². The number of hydrogen-bond donors (Lipinski definition) is 2. The highest BCUT2D eigenvalue weighted by Gasteiger charge is 2.22. The largest absolute Gasteiger partial charge is 0.486 e. The number of ether oxygens (including phenoxy) is 1. The molecule has 1 unspecified atom stereocenters. The average molecular weight is 482 g/mol. The molecule has 4 rings (SSSR count). The number of amides is 2. The molecule has 1 aliphatic heterocycles. The molecule has 1 saturated heterocycles. The quantitative estimate of drug-likeness (QED) is 0.398. The molecule has 0 bridgehead atoms. The molecule has 3 aromatic carbocycles. The van der Waals surface area contributed by atoms with Crippen LogP contribution in [0.3, 0.4) is 0 Å². The number of halogens is 2. The zero-order chi connectivity index (χ0) is 23.8. The van der Waals surface area contributed by atoms with Crippen molar-refractivity contribution < 1.29 is 13.9 Å². The van der Waals surface area contributed by atoms with E-state index in [0.717, 1.165) is 44.5 Å². The number of nitrogens with one attached hydrogen (secondary N) is 2. The molecule has 0 radical (unpaired) electrons. The van der Waals surface area contributed by atoms with Crippen molar-refractivity contribution in [3.8, 4) is 5.75 Å². The van der Waals surface area contributed by atoms with Gasteiger partial charge >= 0.3 is 6.03 Å². The molecule has 0 saturated carbocycles. The number of benzene rings is 3. The lowest BCUT2D eigenvalue weighted by atomic mass is 10.0. The zero-order valence-corrected chi connectivity index (χ0v) is 19.7. The van der Waals surface area contributed by atoms with Gasteiger partial charge < -0.3 is 20.3 Å². The van der Waals surface area contributed by atoms with Crippen LogP contribution < -0.4 is 15.4 Å². The molecule has 34 heavy (non-hydrogen) atoms. The fourth-order valence-electron chi connectivity index (χ4n) is 4.19. The van der Waals surface area contributed by atoms with Gasteiger partial charge in [0.15, 0.2) is 0 Å². The Morgan fingerprint density at radius 3 is 2.53 bits per heavy atom. The van der Waals surface area contributed by atoms with E-state index in [-0.39, 0.29) is 24.0 Å². The summed E-state index contributed by atoms with van der Waals surface area (Å²) in [6.07, 6.45) is 2.38. The zero-order valence-electron chi connectivity index (χ0n) is 18.9. The first kappa shape index (κ1) is 24.0. The van der Waals surface area contributed by atoms with Gasteiger partial charge in [-0.15, -0.1) is 0 Å².